The third-order valence-corrected chi connectivity index (χ3v) is 4.33. The molecule has 1 aromatic carbocycles. The highest BCUT2D eigenvalue weighted by Crippen LogP contribution is 2.23. The summed E-state index contributed by atoms with van der Waals surface area (Å²) in [5.41, 5.74) is 6.42. The first-order chi connectivity index (χ1) is 10.1. The molecule has 0 aliphatic heterocycles. The van der Waals surface area contributed by atoms with Crippen molar-refractivity contribution >= 4 is 27.5 Å². The molecule has 1 aromatic rings. The number of benzene rings is 1. The summed E-state index contributed by atoms with van der Waals surface area (Å²) < 4.78 is 0.954. The van der Waals surface area contributed by atoms with Crippen LogP contribution in [0.3, 0.4) is 0 Å². The lowest BCUT2D eigenvalue weighted by atomic mass is 10.0. The van der Waals surface area contributed by atoms with E-state index < -0.39 is 0 Å². The number of carbonyl (C=O) groups is 1. The van der Waals surface area contributed by atoms with E-state index in [1.54, 1.807) is 0 Å². The molecule has 3 nitrogen and oxygen atoms in total. The Morgan fingerprint density at radius 1 is 1.14 bits per heavy atom. The quantitative estimate of drug-likeness (QED) is 0.557. The van der Waals surface area contributed by atoms with Gasteiger partial charge in [0, 0.05) is 10.2 Å². The Morgan fingerprint density at radius 2 is 1.76 bits per heavy atom. The Hall–Kier alpha value is -1.03. The van der Waals surface area contributed by atoms with Gasteiger partial charge in [0.2, 0.25) is 5.91 Å². The zero-order valence-corrected chi connectivity index (χ0v) is 14.5. The maximum atomic E-state index is 11.6. The van der Waals surface area contributed by atoms with Crippen molar-refractivity contribution in [3.63, 3.8) is 0 Å². The molecule has 4 heteroatoms. The van der Waals surface area contributed by atoms with Gasteiger partial charge in [0.05, 0.1) is 0 Å². The van der Waals surface area contributed by atoms with Gasteiger partial charge in [-0.25, -0.2) is 0 Å². The van der Waals surface area contributed by atoms with Crippen molar-refractivity contribution in [2.24, 2.45) is 5.73 Å². The summed E-state index contributed by atoms with van der Waals surface area (Å²) in [6.07, 6.45) is 9.48. The molecule has 1 rings (SSSR count). The number of carbonyl (C=O) groups excluding carboxylic acids is 1. The Morgan fingerprint density at radius 3 is 2.38 bits per heavy atom. The van der Waals surface area contributed by atoms with Crippen molar-refractivity contribution in [1.29, 1.82) is 0 Å². The van der Waals surface area contributed by atoms with Crippen molar-refractivity contribution in [3.8, 4) is 0 Å². The van der Waals surface area contributed by atoms with E-state index in [1.807, 2.05) is 24.3 Å². The van der Waals surface area contributed by atoms with Crippen LogP contribution in [0.2, 0.25) is 0 Å². The fourth-order valence-electron chi connectivity index (χ4n) is 2.36. The van der Waals surface area contributed by atoms with Gasteiger partial charge in [0.1, 0.15) is 6.04 Å². The molecule has 0 aliphatic carbocycles. The van der Waals surface area contributed by atoms with Crippen molar-refractivity contribution in [1.82, 2.24) is 0 Å². The number of hydrogen-bond acceptors (Lipinski definition) is 2. The molecule has 0 spiro atoms. The van der Waals surface area contributed by atoms with E-state index >= 15 is 0 Å². The highest BCUT2D eigenvalue weighted by molar-refractivity contribution is 9.10. The number of anilines is 1. The van der Waals surface area contributed by atoms with Crippen molar-refractivity contribution in [2.45, 2.75) is 64.3 Å². The summed E-state index contributed by atoms with van der Waals surface area (Å²) in [5.74, 6) is -0.281. The monoisotopic (exact) mass is 354 g/mol. The smallest absolute Gasteiger partial charge is 0.239 e. The maximum absolute atomic E-state index is 11.6. The van der Waals surface area contributed by atoms with E-state index in [1.165, 1.54) is 38.5 Å². The standard InChI is InChI=1S/C17H27BrN2O/c1-2-3-4-5-6-7-8-13-16(17(19)21)20-15-12-10-9-11-14(15)18/h9-12,16,20H,2-8,13H2,1H3,(H2,19,21). The summed E-state index contributed by atoms with van der Waals surface area (Å²) >= 11 is 3.48. The number of rotatable bonds is 11. The summed E-state index contributed by atoms with van der Waals surface area (Å²) in [5, 5.41) is 3.24. The van der Waals surface area contributed by atoms with E-state index in [2.05, 4.69) is 28.2 Å². The summed E-state index contributed by atoms with van der Waals surface area (Å²) in [7, 11) is 0. The molecule has 1 amide bonds. The van der Waals surface area contributed by atoms with E-state index in [-0.39, 0.29) is 11.9 Å². The predicted octanol–water partition coefficient (Wildman–Crippen LogP) is 4.86. The molecule has 0 heterocycles. The van der Waals surface area contributed by atoms with E-state index in [4.69, 9.17) is 5.73 Å². The summed E-state index contributed by atoms with van der Waals surface area (Å²) in [6.45, 7) is 2.23. The average molecular weight is 355 g/mol. The highest BCUT2D eigenvalue weighted by Gasteiger charge is 2.15. The van der Waals surface area contributed by atoms with Gasteiger partial charge in [-0.2, -0.15) is 0 Å². The SMILES string of the molecule is CCCCCCCCCC(Nc1ccccc1Br)C(N)=O. The Kier molecular flexibility index (Phi) is 9.15. The normalized spacial score (nSPS) is 12.1. The number of para-hydroxylation sites is 1. The van der Waals surface area contributed by atoms with Gasteiger partial charge in [-0.1, -0.05) is 64.0 Å². The van der Waals surface area contributed by atoms with Crippen molar-refractivity contribution in [3.05, 3.63) is 28.7 Å². The number of amides is 1. The first-order valence-corrected chi connectivity index (χ1v) is 8.74. The largest absolute Gasteiger partial charge is 0.373 e. The molecule has 0 aromatic heterocycles. The molecule has 0 bridgehead atoms. The maximum Gasteiger partial charge on any atom is 0.239 e. The van der Waals surface area contributed by atoms with Crippen LogP contribution in [-0.4, -0.2) is 11.9 Å². The van der Waals surface area contributed by atoms with Crippen LogP contribution in [0, 0.1) is 0 Å². The highest BCUT2D eigenvalue weighted by atomic mass is 79.9. The molecule has 0 aliphatic rings. The Bertz CT molecular complexity index is 423. The average Bonchev–Trinajstić information content (AvgIpc) is 2.46. The van der Waals surface area contributed by atoms with E-state index in [9.17, 15) is 4.79 Å². The fourth-order valence-corrected chi connectivity index (χ4v) is 2.76. The van der Waals surface area contributed by atoms with Crippen molar-refractivity contribution < 1.29 is 4.79 Å². The first kappa shape index (κ1) is 18.0. The third kappa shape index (κ3) is 7.51. The zero-order valence-electron chi connectivity index (χ0n) is 12.9. The summed E-state index contributed by atoms with van der Waals surface area (Å²) in [6, 6.07) is 7.50. The predicted molar refractivity (Wildman–Crippen MR) is 93.4 cm³/mol. The minimum Gasteiger partial charge on any atom is -0.373 e. The van der Waals surface area contributed by atoms with Crippen LogP contribution in [-0.2, 0) is 4.79 Å². The van der Waals surface area contributed by atoms with E-state index in [0.717, 1.165) is 23.0 Å². The Labute approximate surface area is 136 Å². The van der Waals surface area contributed by atoms with Crippen LogP contribution in [0.1, 0.15) is 58.3 Å². The van der Waals surface area contributed by atoms with Crippen LogP contribution in [0.15, 0.2) is 28.7 Å². The molecule has 3 N–H and O–H groups in total. The fraction of sp³-hybridized carbons (Fsp3) is 0.588. The van der Waals surface area contributed by atoms with Gasteiger partial charge in [0.25, 0.3) is 0 Å². The van der Waals surface area contributed by atoms with Gasteiger partial charge >= 0.3 is 0 Å². The number of unbranched alkanes of at least 4 members (excludes halogenated alkanes) is 6. The van der Waals surface area contributed by atoms with Gasteiger partial charge in [-0.15, -0.1) is 0 Å². The molecule has 0 radical (unpaired) electrons. The van der Waals surface area contributed by atoms with E-state index in [0.29, 0.717) is 0 Å². The van der Waals surface area contributed by atoms with Gasteiger partial charge in [0.15, 0.2) is 0 Å². The molecule has 21 heavy (non-hydrogen) atoms. The van der Waals surface area contributed by atoms with Crippen LogP contribution >= 0.6 is 15.9 Å². The number of nitrogens with two attached hydrogens (primary N) is 1. The van der Waals surface area contributed by atoms with Gasteiger partial charge in [-0.05, 0) is 34.5 Å². The Balaban J connectivity index is 2.31. The van der Waals surface area contributed by atoms with Crippen LogP contribution in [0.5, 0.6) is 0 Å². The molecule has 118 valence electrons. The van der Waals surface area contributed by atoms with Gasteiger partial charge < -0.3 is 11.1 Å². The molecule has 0 saturated carbocycles. The van der Waals surface area contributed by atoms with Gasteiger partial charge in [-0.3, -0.25) is 4.79 Å². The molecule has 1 unspecified atom stereocenters. The third-order valence-electron chi connectivity index (χ3n) is 3.64. The topological polar surface area (TPSA) is 55.1 Å². The number of halogens is 1. The molecule has 1 atom stereocenters. The van der Waals surface area contributed by atoms with Crippen LogP contribution in [0.4, 0.5) is 5.69 Å². The molecule has 0 fully saturated rings. The minimum atomic E-state index is -0.292. The number of primary amides is 1. The number of nitrogens with one attached hydrogen (secondary N) is 1. The lowest BCUT2D eigenvalue weighted by Crippen LogP contribution is -2.35. The molecular formula is C17H27BrN2O. The lowest BCUT2D eigenvalue weighted by molar-refractivity contribution is -0.118. The lowest BCUT2D eigenvalue weighted by Gasteiger charge is -2.17. The second-order valence-corrected chi connectivity index (χ2v) is 6.34. The second kappa shape index (κ2) is 10.7. The second-order valence-electron chi connectivity index (χ2n) is 5.49. The van der Waals surface area contributed by atoms with Crippen LogP contribution < -0.4 is 11.1 Å². The first-order valence-electron chi connectivity index (χ1n) is 7.95. The van der Waals surface area contributed by atoms with Crippen molar-refractivity contribution in [2.75, 3.05) is 5.32 Å². The molecular weight excluding hydrogens is 328 g/mol. The number of hydrogen-bond donors (Lipinski definition) is 2. The zero-order chi connectivity index (χ0) is 15.5. The molecule has 0 saturated heterocycles. The summed E-state index contributed by atoms with van der Waals surface area (Å²) in [4.78, 5) is 11.6. The minimum absolute atomic E-state index is 0.281. The van der Waals surface area contributed by atoms with Crippen LogP contribution in [0.25, 0.3) is 0 Å².